The van der Waals surface area contributed by atoms with Gasteiger partial charge in [0, 0.05) is 18.8 Å². The Morgan fingerprint density at radius 2 is 2.00 bits per heavy atom. The van der Waals surface area contributed by atoms with Gasteiger partial charge in [0.25, 0.3) is 0 Å². The molecule has 0 spiro atoms. The van der Waals surface area contributed by atoms with Crippen LogP contribution in [0.5, 0.6) is 0 Å². The van der Waals surface area contributed by atoms with Crippen molar-refractivity contribution in [2.75, 3.05) is 0 Å². The molecule has 0 aromatic rings. The lowest BCUT2D eigenvalue weighted by Gasteiger charge is -2.33. The average molecular weight is 149 g/mol. The third kappa shape index (κ3) is 1.17. The van der Waals surface area contributed by atoms with Crippen LogP contribution in [0.4, 0.5) is 8.78 Å². The molecule has 0 aliphatic heterocycles. The quantitative estimate of drug-likeness (QED) is 0.243. The molecule has 0 atom stereocenters. The van der Waals surface area contributed by atoms with Crippen LogP contribution in [0.1, 0.15) is 12.8 Å². The van der Waals surface area contributed by atoms with E-state index in [1.807, 2.05) is 0 Å². The van der Waals surface area contributed by atoms with Crippen molar-refractivity contribution >= 4 is 5.84 Å². The Balaban J connectivity index is 2.40. The first-order valence-corrected chi connectivity index (χ1v) is 2.96. The SMILES string of the molecule is N/N=C(\N)C1CC(F)(F)C1. The molecule has 1 rings (SSSR count). The molecule has 0 saturated heterocycles. The summed E-state index contributed by atoms with van der Waals surface area (Å²) in [6, 6.07) is 0. The second-order valence-corrected chi connectivity index (χ2v) is 2.52. The summed E-state index contributed by atoms with van der Waals surface area (Å²) in [6.45, 7) is 0. The van der Waals surface area contributed by atoms with Crippen molar-refractivity contribution in [2.24, 2.45) is 22.6 Å². The number of nitrogens with zero attached hydrogens (tertiary/aromatic N) is 1. The van der Waals surface area contributed by atoms with Crippen LogP contribution in [0.15, 0.2) is 5.10 Å². The number of nitrogens with two attached hydrogens (primary N) is 2. The van der Waals surface area contributed by atoms with Gasteiger partial charge in [0.2, 0.25) is 5.92 Å². The van der Waals surface area contributed by atoms with E-state index in [1.54, 1.807) is 0 Å². The highest BCUT2D eigenvalue weighted by Gasteiger charge is 2.46. The largest absolute Gasteiger partial charge is 0.385 e. The molecule has 5 heteroatoms. The molecule has 0 aromatic carbocycles. The molecule has 58 valence electrons. The third-order valence-electron chi connectivity index (χ3n) is 1.66. The molecule has 0 bridgehead atoms. The molecule has 0 unspecified atom stereocenters. The molecule has 0 heterocycles. The van der Waals surface area contributed by atoms with Gasteiger partial charge in [-0.3, -0.25) is 0 Å². The van der Waals surface area contributed by atoms with Gasteiger partial charge in [-0.05, 0) is 0 Å². The Morgan fingerprint density at radius 3 is 2.30 bits per heavy atom. The fourth-order valence-electron chi connectivity index (χ4n) is 0.976. The summed E-state index contributed by atoms with van der Waals surface area (Å²) in [4.78, 5) is 0. The van der Waals surface area contributed by atoms with Crippen LogP contribution in [-0.4, -0.2) is 11.8 Å². The van der Waals surface area contributed by atoms with Crippen molar-refractivity contribution in [3.05, 3.63) is 0 Å². The molecular weight excluding hydrogens is 140 g/mol. The molecular formula is C5H9F2N3. The Kier molecular flexibility index (Phi) is 1.50. The predicted molar refractivity (Wildman–Crippen MR) is 33.5 cm³/mol. The monoisotopic (exact) mass is 149 g/mol. The lowest BCUT2D eigenvalue weighted by Crippen LogP contribution is -2.43. The Labute approximate surface area is 57.1 Å². The van der Waals surface area contributed by atoms with E-state index in [9.17, 15) is 8.78 Å². The van der Waals surface area contributed by atoms with Crippen LogP contribution in [0.25, 0.3) is 0 Å². The number of halogens is 2. The van der Waals surface area contributed by atoms with Crippen LogP contribution in [-0.2, 0) is 0 Å². The molecule has 3 nitrogen and oxygen atoms in total. The van der Waals surface area contributed by atoms with E-state index in [2.05, 4.69) is 5.10 Å². The van der Waals surface area contributed by atoms with Crippen molar-refractivity contribution in [1.82, 2.24) is 0 Å². The van der Waals surface area contributed by atoms with Crippen molar-refractivity contribution in [2.45, 2.75) is 18.8 Å². The fourth-order valence-corrected chi connectivity index (χ4v) is 0.976. The maximum atomic E-state index is 12.1. The third-order valence-corrected chi connectivity index (χ3v) is 1.66. The molecule has 0 aromatic heterocycles. The summed E-state index contributed by atoms with van der Waals surface area (Å²) >= 11 is 0. The van der Waals surface area contributed by atoms with Crippen LogP contribution in [0.2, 0.25) is 0 Å². The summed E-state index contributed by atoms with van der Waals surface area (Å²) in [5, 5.41) is 3.14. The van der Waals surface area contributed by atoms with Gasteiger partial charge in [-0.25, -0.2) is 8.78 Å². The first kappa shape index (κ1) is 7.24. The summed E-state index contributed by atoms with van der Waals surface area (Å²) in [7, 11) is 0. The Hall–Kier alpha value is -0.870. The fraction of sp³-hybridized carbons (Fsp3) is 0.800. The van der Waals surface area contributed by atoms with Crippen molar-refractivity contribution in [3.8, 4) is 0 Å². The summed E-state index contributed by atoms with van der Waals surface area (Å²) in [5.41, 5.74) is 5.19. The van der Waals surface area contributed by atoms with Gasteiger partial charge in [0.05, 0.1) is 0 Å². The molecule has 0 amide bonds. The molecule has 10 heavy (non-hydrogen) atoms. The van der Waals surface area contributed by atoms with E-state index in [-0.39, 0.29) is 24.6 Å². The zero-order chi connectivity index (χ0) is 7.78. The predicted octanol–water partition coefficient (Wildman–Crippen LogP) is 0.263. The van der Waals surface area contributed by atoms with Crippen LogP contribution in [0.3, 0.4) is 0 Å². The molecule has 4 N–H and O–H groups in total. The second-order valence-electron chi connectivity index (χ2n) is 2.52. The van der Waals surface area contributed by atoms with Gasteiger partial charge in [-0.15, -0.1) is 0 Å². The number of amidine groups is 1. The minimum Gasteiger partial charge on any atom is -0.385 e. The smallest absolute Gasteiger partial charge is 0.249 e. The lowest BCUT2D eigenvalue weighted by molar-refractivity contribution is -0.0912. The molecule has 1 aliphatic carbocycles. The van der Waals surface area contributed by atoms with E-state index in [4.69, 9.17) is 11.6 Å². The topological polar surface area (TPSA) is 64.4 Å². The number of rotatable bonds is 1. The maximum Gasteiger partial charge on any atom is 0.249 e. The zero-order valence-electron chi connectivity index (χ0n) is 5.35. The van der Waals surface area contributed by atoms with Gasteiger partial charge in [-0.1, -0.05) is 0 Å². The van der Waals surface area contributed by atoms with E-state index in [0.717, 1.165) is 0 Å². The summed E-state index contributed by atoms with van der Waals surface area (Å²) in [5.74, 6) is 2.07. The van der Waals surface area contributed by atoms with Crippen LogP contribution >= 0.6 is 0 Å². The van der Waals surface area contributed by atoms with Crippen molar-refractivity contribution in [1.29, 1.82) is 0 Å². The number of hydrogen-bond acceptors (Lipinski definition) is 2. The van der Waals surface area contributed by atoms with Gasteiger partial charge in [0.15, 0.2) is 0 Å². The highest BCUT2D eigenvalue weighted by molar-refractivity contribution is 5.83. The Bertz CT molecular complexity index is 158. The maximum absolute atomic E-state index is 12.1. The number of hydrogen-bond donors (Lipinski definition) is 2. The van der Waals surface area contributed by atoms with Gasteiger partial charge >= 0.3 is 0 Å². The van der Waals surface area contributed by atoms with E-state index < -0.39 is 5.92 Å². The lowest BCUT2D eigenvalue weighted by atomic mass is 9.81. The minimum absolute atomic E-state index is 0.130. The normalized spacial score (nSPS) is 26.0. The molecule has 1 aliphatic rings. The van der Waals surface area contributed by atoms with E-state index in [1.165, 1.54) is 0 Å². The highest BCUT2D eigenvalue weighted by Crippen LogP contribution is 2.42. The highest BCUT2D eigenvalue weighted by atomic mass is 19.3. The first-order chi connectivity index (χ1) is 4.55. The number of hydrazone groups is 1. The zero-order valence-corrected chi connectivity index (χ0v) is 5.35. The standard InChI is InChI=1S/C5H9F2N3/c6-5(7)1-3(2-5)4(8)10-9/h3H,1-2,9H2,(H2,8,10). The van der Waals surface area contributed by atoms with Crippen LogP contribution in [0, 0.1) is 5.92 Å². The van der Waals surface area contributed by atoms with Crippen LogP contribution < -0.4 is 11.6 Å². The molecule has 0 radical (unpaired) electrons. The number of alkyl halides is 2. The van der Waals surface area contributed by atoms with Gasteiger partial charge < -0.3 is 11.6 Å². The second kappa shape index (κ2) is 2.07. The first-order valence-electron chi connectivity index (χ1n) is 2.96. The average Bonchev–Trinajstić information content (AvgIpc) is 1.81. The van der Waals surface area contributed by atoms with Crippen molar-refractivity contribution in [3.63, 3.8) is 0 Å². The van der Waals surface area contributed by atoms with Gasteiger partial charge in [-0.2, -0.15) is 5.10 Å². The Morgan fingerprint density at radius 1 is 1.50 bits per heavy atom. The molecule has 1 saturated carbocycles. The van der Waals surface area contributed by atoms with E-state index >= 15 is 0 Å². The molecule has 1 fully saturated rings. The summed E-state index contributed by atoms with van der Waals surface area (Å²) in [6.07, 6.45) is -0.418. The van der Waals surface area contributed by atoms with Crippen molar-refractivity contribution < 1.29 is 8.78 Å². The van der Waals surface area contributed by atoms with E-state index in [0.29, 0.717) is 0 Å². The summed E-state index contributed by atoms with van der Waals surface area (Å²) < 4.78 is 24.3. The van der Waals surface area contributed by atoms with Gasteiger partial charge in [0.1, 0.15) is 5.84 Å². The minimum atomic E-state index is -2.54.